The van der Waals surface area contributed by atoms with Gasteiger partial charge in [0.05, 0.1) is 0 Å². The van der Waals surface area contributed by atoms with Crippen molar-refractivity contribution in [1.29, 1.82) is 5.26 Å². The fraction of sp³-hybridized carbons (Fsp3) is 0.400. The first kappa shape index (κ1) is 6.03. The lowest BCUT2D eigenvalue weighted by Gasteiger charge is -1.85. The SMILES string of the molecule is C=CCCNC#N. The summed E-state index contributed by atoms with van der Waals surface area (Å²) in [6.07, 6.45) is 4.43. The highest BCUT2D eigenvalue weighted by molar-refractivity contribution is 4.72. The van der Waals surface area contributed by atoms with Crippen molar-refractivity contribution in [2.45, 2.75) is 6.42 Å². The van der Waals surface area contributed by atoms with Gasteiger partial charge in [-0.3, -0.25) is 0 Å². The summed E-state index contributed by atoms with van der Waals surface area (Å²) in [5, 5.41) is 10.4. The Bertz CT molecular complexity index is 80.6. The van der Waals surface area contributed by atoms with Crippen LogP contribution in [0.15, 0.2) is 12.7 Å². The van der Waals surface area contributed by atoms with E-state index in [2.05, 4.69) is 11.9 Å². The average Bonchev–Trinajstić information content (AvgIpc) is 1.69. The Balaban J connectivity index is 2.72. The van der Waals surface area contributed by atoms with Crippen LogP contribution in [0, 0.1) is 11.5 Å². The fourth-order valence-corrected chi connectivity index (χ4v) is 0.230. The summed E-state index contributed by atoms with van der Waals surface area (Å²) in [6.45, 7) is 4.19. The molecule has 2 heteroatoms. The maximum Gasteiger partial charge on any atom is 0.176 e. The van der Waals surface area contributed by atoms with E-state index >= 15 is 0 Å². The zero-order chi connectivity index (χ0) is 5.54. The topological polar surface area (TPSA) is 35.8 Å². The molecule has 2 nitrogen and oxygen atoms in total. The van der Waals surface area contributed by atoms with Crippen LogP contribution in [-0.2, 0) is 0 Å². The lowest BCUT2D eigenvalue weighted by molar-refractivity contribution is 0.865. The van der Waals surface area contributed by atoms with Gasteiger partial charge in [-0.05, 0) is 6.42 Å². The van der Waals surface area contributed by atoms with Gasteiger partial charge in [0.2, 0.25) is 0 Å². The normalized spacial score (nSPS) is 6.71. The fourth-order valence-electron chi connectivity index (χ4n) is 0.230. The molecule has 0 aromatic carbocycles. The van der Waals surface area contributed by atoms with E-state index in [1.165, 1.54) is 0 Å². The third kappa shape index (κ3) is 5.03. The first-order chi connectivity index (χ1) is 3.41. The Labute approximate surface area is 43.5 Å². The van der Waals surface area contributed by atoms with E-state index in [0.29, 0.717) is 6.54 Å². The summed E-state index contributed by atoms with van der Waals surface area (Å²) in [4.78, 5) is 0. The van der Waals surface area contributed by atoms with Gasteiger partial charge in [-0.25, -0.2) is 0 Å². The minimum Gasteiger partial charge on any atom is -0.324 e. The van der Waals surface area contributed by atoms with E-state index in [-0.39, 0.29) is 0 Å². The molecule has 0 rings (SSSR count). The van der Waals surface area contributed by atoms with E-state index in [4.69, 9.17) is 5.26 Å². The molecular formula is C5H8N2. The lowest BCUT2D eigenvalue weighted by Crippen LogP contribution is -2.04. The van der Waals surface area contributed by atoms with Crippen molar-refractivity contribution in [3.8, 4) is 6.19 Å². The molecule has 0 radical (unpaired) electrons. The molecule has 0 amide bonds. The first-order valence-corrected chi connectivity index (χ1v) is 2.14. The van der Waals surface area contributed by atoms with Crippen molar-refractivity contribution >= 4 is 0 Å². The molecule has 0 aliphatic carbocycles. The Kier molecular flexibility index (Phi) is 4.33. The molecule has 0 atom stereocenters. The molecule has 0 heterocycles. The standard InChI is InChI=1S/C5H8N2/c1-2-3-4-7-5-6/h2,7H,1,3-4H2. The first-order valence-electron chi connectivity index (χ1n) is 2.14. The Morgan fingerprint density at radius 2 is 2.57 bits per heavy atom. The van der Waals surface area contributed by atoms with Crippen molar-refractivity contribution < 1.29 is 0 Å². The van der Waals surface area contributed by atoms with Crippen LogP contribution in [0.5, 0.6) is 0 Å². The van der Waals surface area contributed by atoms with Gasteiger partial charge >= 0.3 is 0 Å². The number of nitrogens with zero attached hydrogens (tertiary/aromatic N) is 1. The van der Waals surface area contributed by atoms with Gasteiger partial charge in [0.1, 0.15) is 0 Å². The smallest absolute Gasteiger partial charge is 0.176 e. The van der Waals surface area contributed by atoms with Crippen LogP contribution in [0.4, 0.5) is 0 Å². The molecule has 0 unspecified atom stereocenters. The highest BCUT2D eigenvalue weighted by Crippen LogP contribution is 1.71. The predicted octanol–water partition coefficient (Wildman–Crippen LogP) is 0.633. The maximum atomic E-state index is 7.90. The molecule has 7 heavy (non-hydrogen) atoms. The van der Waals surface area contributed by atoms with Crippen LogP contribution in [-0.4, -0.2) is 6.54 Å². The van der Waals surface area contributed by atoms with Crippen molar-refractivity contribution in [1.82, 2.24) is 5.32 Å². The third-order valence-electron chi connectivity index (χ3n) is 0.553. The van der Waals surface area contributed by atoms with E-state index in [0.717, 1.165) is 6.42 Å². The van der Waals surface area contributed by atoms with Gasteiger partial charge in [0.25, 0.3) is 0 Å². The molecule has 0 saturated carbocycles. The van der Waals surface area contributed by atoms with Crippen LogP contribution in [0.2, 0.25) is 0 Å². The van der Waals surface area contributed by atoms with E-state index in [1.807, 2.05) is 0 Å². The second kappa shape index (κ2) is 5.03. The van der Waals surface area contributed by atoms with Crippen LogP contribution in [0.3, 0.4) is 0 Å². The van der Waals surface area contributed by atoms with E-state index in [1.54, 1.807) is 12.3 Å². The molecule has 38 valence electrons. The lowest BCUT2D eigenvalue weighted by atomic mass is 10.4. The number of hydrogen-bond donors (Lipinski definition) is 1. The third-order valence-corrected chi connectivity index (χ3v) is 0.553. The summed E-state index contributed by atoms with van der Waals surface area (Å²) in [5.41, 5.74) is 0. The number of rotatable bonds is 3. The highest BCUT2D eigenvalue weighted by Gasteiger charge is 1.72. The van der Waals surface area contributed by atoms with Crippen molar-refractivity contribution in [2.24, 2.45) is 0 Å². The quantitative estimate of drug-likeness (QED) is 0.242. The number of nitriles is 1. The van der Waals surface area contributed by atoms with Gasteiger partial charge in [-0.15, -0.1) is 6.58 Å². The minimum atomic E-state index is 0.708. The van der Waals surface area contributed by atoms with Crippen LogP contribution < -0.4 is 5.32 Å². The summed E-state index contributed by atoms with van der Waals surface area (Å²) >= 11 is 0. The average molecular weight is 96.1 g/mol. The second-order valence-electron chi connectivity index (χ2n) is 1.12. The van der Waals surface area contributed by atoms with Gasteiger partial charge in [0.15, 0.2) is 6.19 Å². The van der Waals surface area contributed by atoms with Gasteiger partial charge in [-0.2, -0.15) is 5.26 Å². The Hall–Kier alpha value is -0.970. The molecule has 0 aromatic rings. The number of nitrogens with one attached hydrogen (secondary N) is 1. The maximum absolute atomic E-state index is 7.90. The number of hydrogen-bond acceptors (Lipinski definition) is 2. The Morgan fingerprint density at radius 3 is 3.00 bits per heavy atom. The predicted molar refractivity (Wildman–Crippen MR) is 28.4 cm³/mol. The summed E-state index contributed by atoms with van der Waals surface area (Å²) in [6, 6.07) is 0. The summed E-state index contributed by atoms with van der Waals surface area (Å²) in [7, 11) is 0. The van der Waals surface area contributed by atoms with Crippen LogP contribution in [0.1, 0.15) is 6.42 Å². The highest BCUT2D eigenvalue weighted by atomic mass is 14.8. The molecule has 0 aromatic heterocycles. The molecule has 0 saturated heterocycles. The molecule has 0 bridgehead atoms. The van der Waals surface area contributed by atoms with E-state index in [9.17, 15) is 0 Å². The van der Waals surface area contributed by atoms with Crippen molar-refractivity contribution in [2.75, 3.05) is 6.54 Å². The molecule has 0 fully saturated rings. The largest absolute Gasteiger partial charge is 0.324 e. The molecule has 0 spiro atoms. The zero-order valence-corrected chi connectivity index (χ0v) is 4.15. The van der Waals surface area contributed by atoms with Gasteiger partial charge < -0.3 is 5.32 Å². The minimum absolute atomic E-state index is 0.708. The van der Waals surface area contributed by atoms with Crippen LogP contribution in [0.25, 0.3) is 0 Å². The molecular weight excluding hydrogens is 88.1 g/mol. The molecule has 0 aliphatic rings. The summed E-state index contributed by atoms with van der Waals surface area (Å²) in [5.74, 6) is 0. The monoisotopic (exact) mass is 96.1 g/mol. The Morgan fingerprint density at radius 1 is 1.86 bits per heavy atom. The zero-order valence-electron chi connectivity index (χ0n) is 4.15. The molecule has 0 aliphatic heterocycles. The molecule has 1 N–H and O–H groups in total. The summed E-state index contributed by atoms with van der Waals surface area (Å²) < 4.78 is 0. The van der Waals surface area contributed by atoms with Crippen LogP contribution >= 0.6 is 0 Å². The van der Waals surface area contributed by atoms with Crippen molar-refractivity contribution in [3.05, 3.63) is 12.7 Å². The van der Waals surface area contributed by atoms with Gasteiger partial charge in [-0.1, -0.05) is 6.08 Å². The second-order valence-corrected chi connectivity index (χ2v) is 1.12. The van der Waals surface area contributed by atoms with Gasteiger partial charge in [0, 0.05) is 6.54 Å². The van der Waals surface area contributed by atoms with E-state index < -0.39 is 0 Å². The van der Waals surface area contributed by atoms with Crippen molar-refractivity contribution in [3.63, 3.8) is 0 Å².